The summed E-state index contributed by atoms with van der Waals surface area (Å²) < 4.78 is 4.89. The third kappa shape index (κ3) is 2.74. The normalized spacial score (nSPS) is 24.9. The molecule has 0 unspecified atom stereocenters. The molecular weight excluding hydrogens is 210 g/mol. The van der Waals surface area contributed by atoms with E-state index in [0.717, 1.165) is 12.8 Å². The van der Waals surface area contributed by atoms with Crippen molar-refractivity contribution in [2.75, 3.05) is 6.61 Å². The zero-order chi connectivity index (χ0) is 12.1. The van der Waals surface area contributed by atoms with Gasteiger partial charge in [0.15, 0.2) is 0 Å². The molecular formula is C11H17NO4. The van der Waals surface area contributed by atoms with Crippen LogP contribution in [0.15, 0.2) is 12.7 Å². The topological polar surface area (TPSA) is 66.8 Å². The molecule has 1 aliphatic rings. The fraction of sp³-hybridized carbons (Fsp3) is 0.636. The second kappa shape index (κ2) is 5.53. The number of aliphatic carboxylic acids is 1. The smallest absolute Gasteiger partial charge is 0.411 e. The van der Waals surface area contributed by atoms with Crippen LogP contribution in [-0.4, -0.2) is 40.8 Å². The van der Waals surface area contributed by atoms with Crippen molar-refractivity contribution < 1.29 is 19.4 Å². The van der Waals surface area contributed by atoms with E-state index >= 15 is 0 Å². The number of likely N-dealkylation sites (tertiary alicyclic amines) is 1. The Balaban J connectivity index is 2.73. The number of amides is 1. The predicted octanol–water partition coefficient (Wildman–Crippen LogP) is 1.64. The number of nitrogens with zero attached hydrogens (tertiary/aromatic N) is 1. The molecule has 1 aliphatic heterocycles. The summed E-state index contributed by atoms with van der Waals surface area (Å²) in [5.41, 5.74) is 0. The van der Waals surface area contributed by atoms with Crippen LogP contribution in [0.3, 0.4) is 0 Å². The minimum absolute atomic E-state index is 0.0906. The zero-order valence-electron chi connectivity index (χ0n) is 9.39. The SMILES string of the molecule is C=CCOC(=O)N1[C@H](C)CCC[C@@H]1C(=O)O. The van der Waals surface area contributed by atoms with Crippen molar-refractivity contribution in [3.05, 3.63) is 12.7 Å². The highest BCUT2D eigenvalue weighted by Gasteiger charge is 2.37. The first kappa shape index (κ1) is 12.5. The molecule has 0 aliphatic carbocycles. The maximum absolute atomic E-state index is 11.7. The van der Waals surface area contributed by atoms with Crippen molar-refractivity contribution in [3.63, 3.8) is 0 Å². The van der Waals surface area contributed by atoms with E-state index in [1.807, 2.05) is 6.92 Å². The van der Waals surface area contributed by atoms with Gasteiger partial charge in [-0.15, -0.1) is 0 Å². The standard InChI is InChI=1S/C11H17NO4/c1-3-7-16-11(15)12-8(2)5-4-6-9(12)10(13)14/h3,8-9H,1,4-7H2,2H3,(H,13,14)/t8-,9-/m1/s1. The minimum Gasteiger partial charge on any atom is -0.480 e. The van der Waals surface area contributed by atoms with E-state index in [1.165, 1.54) is 11.0 Å². The number of carbonyl (C=O) groups excluding carboxylic acids is 1. The van der Waals surface area contributed by atoms with E-state index < -0.39 is 18.1 Å². The predicted molar refractivity (Wildman–Crippen MR) is 58.1 cm³/mol. The van der Waals surface area contributed by atoms with E-state index in [9.17, 15) is 9.59 Å². The van der Waals surface area contributed by atoms with Gasteiger partial charge in [0.05, 0.1) is 0 Å². The molecule has 1 N–H and O–H groups in total. The Labute approximate surface area is 94.7 Å². The van der Waals surface area contributed by atoms with E-state index in [1.54, 1.807) is 0 Å². The molecule has 16 heavy (non-hydrogen) atoms. The first-order chi connectivity index (χ1) is 7.57. The molecule has 0 aromatic heterocycles. The number of rotatable bonds is 3. The lowest BCUT2D eigenvalue weighted by molar-refractivity contribution is -0.144. The molecule has 1 heterocycles. The quantitative estimate of drug-likeness (QED) is 0.744. The molecule has 1 fully saturated rings. The second-order valence-corrected chi connectivity index (χ2v) is 3.91. The Morgan fingerprint density at radius 2 is 2.25 bits per heavy atom. The largest absolute Gasteiger partial charge is 0.480 e. The average molecular weight is 227 g/mol. The van der Waals surface area contributed by atoms with Crippen LogP contribution < -0.4 is 0 Å². The number of carbonyl (C=O) groups is 2. The van der Waals surface area contributed by atoms with Gasteiger partial charge in [0.1, 0.15) is 12.6 Å². The molecule has 90 valence electrons. The lowest BCUT2D eigenvalue weighted by Crippen LogP contribution is -2.52. The van der Waals surface area contributed by atoms with Crippen LogP contribution in [0.5, 0.6) is 0 Å². The third-order valence-corrected chi connectivity index (χ3v) is 2.73. The van der Waals surface area contributed by atoms with Crippen molar-refractivity contribution in [1.82, 2.24) is 4.90 Å². The number of carboxylic acid groups (broad SMARTS) is 1. The lowest BCUT2D eigenvalue weighted by atomic mass is 9.97. The highest BCUT2D eigenvalue weighted by molar-refractivity contribution is 5.80. The summed E-state index contributed by atoms with van der Waals surface area (Å²) >= 11 is 0. The maximum atomic E-state index is 11.7. The van der Waals surface area contributed by atoms with Gasteiger partial charge in [0.25, 0.3) is 0 Å². The van der Waals surface area contributed by atoms with Crippen LogP contribution in [0.4, 0.5) is 4.79 Å². The molecule has 0 spiro atoms. The fourth-order valence-corrected chi connectivity index (χ4v) is 1.95. The Morgan fingerprint density at radius 3 is 2.81 bits per heavy atom. The van der Waals surface area contributed by atoms with Crippen molar-refractivity contribution in [1.29, 1.82) is 0 Å². The summed E-state index contributed by atoms with van der Waals surface area (Å²) in [6.07, 6.45) is 3.01. The summed E-state index contributed by atoms with van der Waals surface area (Å²) in [4.78, 5) is 24.0. The monoisotopic (exact) mass is 227 g/mol. The third-order valence-electron chi connectivity index (χ3n) is 2.73. The summed E-state index contributed by atoms with van der Waals surface area (Å²) in [5.74, 6) is -0.970. The molecule has 5 heteroatoms. The van der Waals surface area contributed by atoms with Gasteiger partial charge < -0.3 is 9.84 Å². The molecule has 5 nitrogen and oxygen atoms in total. The molecule has 0 radical (unpaired) electrons. The zero-order valence-corrected chi connectivity index (χ0v) is 9.39. The van der Waals surface area contributed by atoms with E-state index in [-0.39, 0.29) is 12.6 Å². The van der Waals surface area contributed by atoms with Crippen LogP contribution in [0.1, 0.15) is 26.2 Å². The van der Waals surface area contributed by atoms with Gasteiger partial charge in [-0.1, -0.05) is 12.7 Å². The maximum Gasteiger partial charge on any atom is 0.411 e. The number of piperidine rings is 1. The van der Waals surface area contributed by atoms with E-state index in [2.05, 4.69) is 6.58 Å². The number of hydrogen-bond acceptors (Lipinski definition) is 3. The van der Waals surface area contributed by atoms with Crippen molar-refractivity contribution >= 4 is 12.1 Å². The van der Waals surface area contributed by atoms with Crippen LogP contribution in [0.25, 0.3) is 0 Å². The van der Waals surface area contributed by atoms with Gasteiger partial charge in [-0.3, -0.25) is 4.90 Å². The Morgan fingerprint density at radius 1 is 1.56 bits per heavy atom. The average Bonchev–Trinajstić information content (AvgIpc) is 2.25. The van der Waals surface area contributed by atoms with Gasteiger partial charge >= 0.3 is 12.1 Å². The number of ether oxygens (including phenoxy) is 1. The van der Waals surface area contributed by atoms with Crippen LogP contribution in [0.2, 0.25) is 0 Å². The highest BCUT2D eigenvalue weighted by atomic mass is 16.6. The summed E-state index contributed by atoms with van der Waals surface area (Å²) in [5, 5.41) is 9.03. The van der Waals surface area contributed by atoms with Gasteiger partial charge in [0, 0.05) is 6.04 Å². The van der Waals surface area contributed by atoms with Gasteiger partial charge in [-0.05, 0) is 26.2 Å². The molecule has 1 saturated heterocycles. The molecule has 2 atom stereocenters. The minimum atomic E-state index is -0.970. The Kier molecular flexibility index (Phi) is 4.34. The molecule has 0 aromatic rings. The lowest BCUT2D eigenvalue weighted by Gasteiger charge is -2.37. The van der Waals surface area contributed by atoms with Crippen LogP contribution in [-0.2, 0) is 9.53 Å². The van der Waals surface area contributed by atoms with E-state index in [0.29, 0.717) is 6.42 Å². The number of hydrogen-bond donors (Lipinski definition) is 1. The van der Waals surface area contributed by atoms with Crippen molar-refractivity contribution in [3.8, 4) is 0 Å². The molecule has 1 amide bonds. The van der Waals surface area contributed by atoms with Gasteiger partial charge in [-0.2, -0.15) is 0 Å². The highest BCUT2D eigenvalue weighted by Crippen LogP contribution is 2.23. The van der Waals surface area contributed by atoms with Gasteiger partial charge in [0.2, 0.25) is 0 Å². The first-order valence-corrected chi connectivity index (χ1v) is 5.36. The van der Waals surface area contributed by atoms with Gasteiger partial charge in [-0.25, -0.2) is 9.59 Å². The summed E-state index contributed by atoms with van der Waals surface area (Å²) in [7, 11) is 0. The van der Waals surface area contributed by atoms with Crippen molar-refractivity contribution in [2.45, 2.75) is 38.3 Å². The first-order valence-electron chi connectivity index (χ1n) is 5.36. The summed E-state index contributed by atoms with van der Waals surface area (Å²) in [6, 6.07) is -0.853. The molecule has 0 bridgehead atoms. The molecule has 0 saturated carbocycles. The Bertz CT molecular complexity index is 290. The second-order valence-electron chi connectivity index (χ2n) is 3.91. The molecule has 1 rings (SSSR count). The summed E-state index contributed by atoms with van der Waals surface area (Å²) in [6.45, 7) is 5.38. The fourth-order valence-electron chi connectivity index (χ4n) is 1.95. The van der Waals surface area contributed by atoms with Crippen LogP contribution >= 0.6 is 0 Å². The van der Waals surface area contributed by atoms with Crippen molar-refractivity contribution in [2.24, 2.45) is 0 Å². The van der Waals surface area contributed by atoms with Crippen LogP contribution in [0, 0.1) is 0 Å². The number of carboxylic acids is 1. The molecule has 0 aromatic carbocycles. The van der Waals surface area contributed by atoms with E-state index in [4.69, 9.17) is 9.84 Å². The Hall–Kier alpha value is -1.52.